The van der Waals surface area contributed by atoms with E-state index in [1.54, 1.807) is 0 Å². The molecule has 0 N–H and O–H groups in total. The molecule has 0 spiro atoms. The second-order valence-corrected chi connectivity index (χ2v) is 6.53. The molecular weight excluding hydrogens is 274 g/mol. The molecule has 20 heavy (non-hydrogen) atoms. The summed E-state index contributed by atoms with van der Waals surface area (Å²) >= 11 is 0. The zero-order valence-corrected chi connectivity index (χ0v) is 13.5. The van der Waals surface area contributed by atoms with E-state index < -0.39 is 10.2 Å². The minimum Gasteiger partial charge on any atom is -0.355 e. The first kappa shape index (κ1) is 17.1. The highest BCUT2D eigenvalue weighted by Gasteiger charge is 2.19. The molecule has 5 nitrogen and oxygen atoms in total. The molecule has 0 aromatic heterocycles. The fourth-order valence-electron chi connectivity index (χ4n) is 2.22. The van der Waals surface area contributed by atoms with Crippen molar-refractivity contribution in [2.75, 3.05) is 13.1 Å². The Kier molecular flexibility index (Phi) is 7.80. The SMILES string of the molecule is CCCCCCN(CCCCCC)C1=NS(=O)(=O)N=C1. The Labute approximate surface area is 123 Å². The molecule has 1 aliphatic rings. The van der Waals surface area contributed by atoms with Crippen LogP contribution in [0, 0.1) is 0 Å². The smallest absolute Gasteiger partial charge is 0.355 e. The predicted octanol–water partition coefficient (Wildman–Crippen LogP) is 3.18. The second kappa shape index (κ2) is 9.10. The lowest BCUT2D eigenvalue weighted by Gasteiger charge is -2.22. The van der Waals surface area contributed by atoms with Crippen molar-refractivity contribution in [3.63, 3.8) is 0 Å². The van der Waals surface area contributed by atoms with Crippen molar-refractivity contribution in [3.8, 4) is 0 Å². The van der Waals surface area contributed by atoms with Gasteiger partial charge in [0.05, 0.1) is 6.21 Å². The molecule has 0 aromatic carbocycles. The van der Waals surface area contributed by atoms with E-state index in [0.717, 1.165) is 25.9 Å². The van der Waals surface area contributed by atoms with Crippen LogP contribution in [-0.4, -0.2) is 38.5 Å². The number of nitrogens with zero attached hydrogens (tertiary/aromatic N) is 3. The van der Waals surface area contributed by atoms with Gasteiger partial charge in [-0.2, -0.15) is 8.42 Å². The van der Waals surface area contributed by atoms with Gasteiger partial charge in [0, 0.05) is 13.1 Å². The van der Waals surface area contributed by atoms with E-state index in [9.17, 15) is 8.42 Å². The molecule has 0 fully saturated rings. The van der Waals surface area contributed by atoms with Crippen LogP contribution < -0.4 is 0 Å². The molecule has 0 radical (unpaired) electrons. The summed E-state index contributed by atoms with van der Waals surface area (Å²) in [6, 6.07) is 0. The van der Waals surface area contributed by atoms with Crippen LogP contribution in [0.15, 0.2) is 8.80 Å². The molecule has 1 aliphatic heterocycles. The summed E-state index contributed by atoms with van der Waals surface area (Å²) in [4.78, 5) is 2.07. The van der Waals surface area contributed by atoms with Crippen molar-refractivity contribution < 1.29 is 8.42 Å². The summed E-state index contributed by atoms with van der Waals surface area (Å²) in [6.07, 6.45) is 10.8. The Bertz CT molecular complexity index is 418. The topological polar surface area (TPSA) is 62.1 Å². The Hall–Kier alpha value is -0.910. The fourth-order valence-corrected chi connectivity index (χ4v) is 2.89. The standard InChI is InChI=1S/C14H27N3O2S/c1-3-5-7-9-11-17(12-10-8-6-4-2)14-13-15-20(18,19)16-14/h13H,3-12H2,1-2H3. The van der Waals surface area contributed by atoms with Crippen molar-refractivity contribution in [2.24, 2.45) is 8.80 Å². The van der Waals surface area contributed by atoms with Gasteiger partial charge in [0.2, 0.25) is 0 Å². The van der Waals surface area contributed by atoms with E-state index in [1.807, 2.05) is 0 Å². The van der Waals surface area contributed by atoms with Crippen molar-refractivity contribution in [2.45, 2.75) is 65.2 Å². The van der Waals surface area contributed by atoms with Crippen molar-refractivity contribution >= 4 is 22.3 Å². The number of rotatable bonds is 10. The molecule has 0 saturated heterocycles. The number of unbranched alkanes of at least 4 members (excludes halogenated alkanes) is 6. The van der Waals surface area contributed by atoms with Crippen LogP contribution >= 0.6 is 0 Å². The van der Waals surface area contributed by atoms with E-state index >= 15 is 0 Å². The molecule has 0 saturated carbocycles. The summed E-state index contributed by atoms with van der Waals surface area (Å²) in [5.41, 5.74) is 0. The number of hydrogen-bond donors (Lipinski definition) is 0. The average Bonchev–Trinajstić information content (AvgIpc) is 2.77. The molecule has 0 atom stereocenters. The van der Waals surface area contributed by atoms with E-state index in [-0.39, 0.29) is 0 Å². The van der Waals surface area contributed by atoms with Crippen LogP contribution in [0.3, 0.4) is 0 Å². The molecule has 116 valence electrons. The van der Waals surface area contributed by atoms with Gasteiger partial charge in [-0.1, -0.05) is 52.4 Å². The van der Waals surface area contributed by atoms with Crippen molar-refractivity contribution in [1.29, 1.82) is 0 Å². The molecular formula is C14H27N3O2S. The molecule has 1 heterocycles. The summed E-state index contributed by atoms with van der Waals surface area (Å²) in [6.45, 7) is 6.10. The maximum atomic E-state index is 11.3. The van der Waals surface area contributed by atoms with E-state index in [2.05, 4.69) is 27.5 Å². The Morgan fingerprint density at radius 3 is 1.90 bits per heavy atom. The molecule has 0 aliphatic carbocycles. The summed E-state index contributed by atoms with van der Waals surface area (Å²) in [5.74, 6) is 0.512. The maximum absolute atomic E-state index is 11.3. The van der Waals surface area contributed by atoms with Crippen molar-refractivity contribution in [3.05, 3.63) is 0 Å². The largest absolute Gasteiger partial charge is 0.365 e. The first-order chi connectivity index (χ1) is 9.59. The zero-order chi connectivity index (χ0) is 14.8. The summed E-state index contributed by atoms with van der Waals surface area (Å²) in [5, 5.41) is 0. The van der Waals surface area contributed by atoms with Gasteiger partial charge in [-0.15, -0.1) is 8.80 Å². The lowest BCUT2D eigenvalue weighted by atomic mass is 10.1. The zero-order valence-electron chi connectivity index (χ0n) is 12.7. The highest BCUT2D eigenvalue weighted by Crippen LogP contribution is 2.10. The molecule has 0 amide bonds. The van der Waals surface area contributed by atoms with Crippen LogP contribution in [0.1, 0.15) is 65.2 Å². The van der Waals surface area contributed by atoms with Gasteiger partial charge in [-0.3, -0.25) is 0 Å². The average molecular weight is 301 g/mol. The van der Waals surface area contributed by atoms with Crippen LogP contribution in [0.2, 0.25) is 0 Å². The predicted molar refractivity (Wildman–Crippen MR) is 84.7 cm³/mol. The molecule has 6 heteroatoms. The third kappa shape index (κ3) is 6.50. The maximum Gasteiger partial charge on any atom is 0.365 e. The normalized spacial score (nSPS) is 16.4. The Morgan fingerprint density at radius 1 is 0.950 bits per heavy atom. The molecule has 0 bridgehead atoms. The van der Waals surface area contributed by atoms with E-state index in [4.69, 9.17) is 0 Å². The highest BCUT2D eigenvalue weighted by molar-refractivity contribution is 7.89. The molecule has 0 unspecified atom stereocenters. The minimum absolute atomic E-state index is 0.512. The third-order valence-corrected chi connectivity index (χ3v) is 4.19. The van der Waals surface area contributed by atoms with Crippen LogP contribution in [0.25, 0.3) is 0 Å². The van der Waals surface area contributed by atoms with Gasteiger partial charge in [0.15, 0.2) is 5.84 Å². The number of hydrogen-bond acceptors (Lipinski definition) is 3. The first-order valence-corrected chi connectivity index (χ1v) is 9.14. The first-order valence-electron chi connectivity index (χ1n) is 7.74. The molecule has 1 rings (SSSR count). The van der Waals surface area contributed by atoms with E-state index in [1.165, 1.54) is 44.7 Å². The van der Waals surface area contributed by atoms with Crippen LogP contribution in [0.4, 0.5) is 0 Å². The lowest BCUT2D eigenvalue weighted by molar-refractivity contribution is 0.392. The van der Waals surface area contributed by atoms with Gasteiger partial charge in [-0.25, -0.2) is 0 Å². The van der Waals surface area contributed by atoms with Gasteiger partial charge in [0.25, 0.3) is 0 Å². The lowest BCUT2D eigenvalue weighted by Crippen LogP contribution is -2.33. The third-order valence-electron chi connectivity index (χ3n) is 3.40. The molecule has 0 aromatic rings. The Balaban J connectivity index is 2.49. The van der Waals surface area contributed by atoms with Gasteiger partial charge >= 0.3 is 10.2 Å². The summed E-state index contributed by atoms with van der Waals surface area (Å²) < 4.78 is 29.7. The van der Waals surface area contributed by atoms with Gasteiger partial charge in [0.1, 0.15) is 0 Å². The van der Waals surface area contributed by atoms with Gasteiger partial charge in [-0.05, 0) is 12.8 Å². The highest BCUT2D eigenvalue weighted by atomic mass is 32.2. The van der Waals surface area contributed by atoms with Crippen LogP contribution in [0.5, 0.6) is 0 Å². The monoisotopic (exact) mass is 301 g/mol. The number of amidine groups is 1. The summed E-state index contributed by atoms with van der Waals surface area (Å²) in [7, 11) is -3.60. The minimum atomic E-state index is -3.60. The quantitative estimate of drug-likeness (QED) is 0.582. The fraction of sp³-hybridized carbons (Fsp3) is 0.857. The van der Waals surface area contributed by atoms with Crippen molar-refractivity contribution in [1.82, 2.24) is 4.90 Å². The Morgan fingerprint density at radius 2 is 1.50 bits per heavy atom. The second-order valence-electron chi connectivity index (χ2n) is 5.24. The van der Waals surface area contributed by atoms with E-state index in [0.29, 0.717) is 5.84 Å². The van der Waals surface area contributed by atoms with Gasteiger partial charge < -0.3 is 4.90 Å². The van der Waals surface area contributed by atoms with Crippen LogP contribution in [-0.2, 0) is 10.2 Å².